The van der Waals surface area contributed by atoms with Crippen LogP contribution in [0, 0.1) is 0 Å². The third-order valence-electron chi connectivity index (χ3n) is 4.50. The second kappa shape index (κ2) is 8.13. The Kier molecular flexibility index (Phi) is 6.31. The Labute approximate surface area is 162 Å². The van der Waals surface area contributed by atoms with E-state index in [2.05, 4.69) is 49.8 Å². The summed E-state index contributed by atoms with van der Waals surface area (Å²) in [5, 5.41) is 0. The number of sulfonamides is 1. The molecule has 3 N–H and O–H groups in total. The molecule has 6 heteroatoms. The minimum Gasteiger partial charge on any atom is -0.369 e. The lowest BCUT2D eigenvalue weighted by Gasteiger charge is -2.19. The predicted octanol–water partition coefficient (Wildman–Crippen LogP) is 3.56. The molecule has 0 bridgehead atoms. The lowest BCUT2D eigenvalue weighted by molar-refractivity contribution is -0.119. The quantitative estimate of drug-likeness (QED) is 0.760. The number of hydrogen-bond acceptors (Lipinski definition) is 3. The number of nitrogens with one attached hydrogen (secondary N) is 1. The van der Waals surface area contributed by atoms with E-state index < -0.39 is 15.9 Å². The van der Waals surface area contributed by atoms with Crippen LogP contribution in [-0.2, 0) is 26.7 Å². The van der Waals surface area contributed by atoms with Crippen molar-refractivity contribution in [3.8, 4) is 0 Å². The smallest absolute Gasteiger partial charge is 0.229 e. The van der Waals surface area contributed by atoms with E-state index in [1.54, 1.807) is 24.3 Å². The van der Waals surface area contributed by atoms with Crippen molar-refractivity contribution in [2.75, 3.05) is 11.0 Å². The van der Waals surface area contributed by atoms with Gasteiger partial charge in [-0.05, 0) is 47.1 Å². The van der Waals surface area contributed by atoms with Crippen molar-refractivity contribution in [2.45, 2.75) is 44.9 Å². The number of amides is 1. The van der Waals surface area contributed by atoms with Crippen LogP contribution in [0.1, 0.15) is 49.8 Å². The maximum absolute atomic E-state index is 11.9. The molecule has 0 saturated heterocycles. The molecule has 0 spiro atoms. The number of carbonyl (C=O) groups excluding carboxylic acids is 1. The molecule has 0 aromatic heterocycles. The van der Waals surface area contributed by atoms with Gasteiger partial charge in [-0.2, -0.15) is 0 Å². The molecule has 1 amide bonds. The van der Waals surface area contributed by atoms with E-state index in [-0.39, 0.29) is 11.3 Å². The third kappa shape index (κ3) is 6.40. The molecule has 146 valence electrons. The summed E-state index contributed by atoms with van der Waals surface area (Å²) in [6.45, 7) is 6.52. The summed E-state index contributed by atoms with van der Waals surface area (Å²) < 4.78 is 25.0. The number of primary amides is 1. The number of aryl methyl sites for hydroxylation is 1. The summed E-state index contributed by atoms with van der Waals surface area (Å²) in [6, 6.07) is 15.2. The van der Waals surface area contributed by atoms with Gasteiger partial charge in [0, 0.05) is 5.69 Å². The Bertz CT molecular complexity index is 881. The van der Waals surface area contributed by atoms with Crippen molar-refractivity contribution in [3.05, 3.63) is 65.2 Å². The van der Waals surface area contributed by atoms with Crippen LogP contribution in [0.15, 0.2) is 48.5 Å². The lowest BCUT2D eigenvalue weighted by atomic mass is 9.86. The maximum Gasteiger partial charge on any atom is 0.229 e. The third-order valence-corrected chi connectivity index (χ3v) is 5.11. The fraction of sp³-hybridized carbons (Fsp3) is 0.381. The molecule has 27 heavy (non-hydrogen) atoms. The second-order valence-corrected chi connectivity index (χ2v) is 9.69. The van der Waals surface area contributed by atoms with Crippen molar-refractivity contribution in [1.29, 1.82) is 0 Å². The van der Waals surface area contributed by atoms with E-state index in [1.165, 1.54) is 5.56 Å². The molecule has 5 nitrogen and oxygen atoms in total. The van der Waals surface area contributed by atoms with Gasteiger partial charge in [0.15, 0.2) is 0 Å². The molecule has 0 aliphatic heterocycles. The van der Waals surface area contributed by atoms with Crippen molar-refractivity contribution >= 4 is 21.6 Å². The van der Waals surface area contributed by atoms with Gasteiger partial charge in [-0.15, -0.1) is 0 Å². The van der Waals surface area contributed by atoms with Crippen LogP contribution in [-0.4, -0.2) is 20.6 Å². The predicted molar refractivity (Wildman–Crippen MR) is 110 cm³/mol. The zero-order chi connectivity index (χ0) is 20.2. The first-order valence-corrected chi connectivity index (χ1v) is 10.8. The standard InChI is InChI=1S/C21H28N2O3S/c1-21(2,3)17-10-5-15(6-11-17)7-14-19(20(22)24)16-8-12-18(13-9-16)23-27(4,25)26/h5-6,8-13,19,23H,7,14H2,1-4H3,(H2,22,24). The van der Waals surface area contributed by atoms with Crippen LogP contribution >= 0.6 is 0 Å². The summed E-state index contributed by atoms with van der Waals surface area (Å²) in [4.78, 5) is 11.9. The Morgan fingerprint density at radius 2 is 1.59 bits per heavy atom. The first kappa shape index (κ1) is 21.0. The van der Waals surface area contributed by atoms with E-state index in [9.17, 15) is 13.2 Å². The molecule has 1 unspecified atom stereocenters. The fourth-order valence-electron chi connectivity index (χ4n) is 2.95. The summed E-state index contributed by atoms with van der Waals surface area (Å²) in [6.07, 6.45) is 2.43. The van der Waals surface area contributed by atoms with Crippen molar-refractivity contribution in [3.63, 3.8) is 0 Å². The average Bonchev–Trinajstić information content (AvgIpc) is 2.54. The van der Waals surface area contributed by atoms with E-state index in [4.69, 9.17) is 5.73 Å². The van der Waals surface area contributed by atoms with Gasteiger partial charge in [0.2, 0.25) is 15.9 Å². The molecule has 0 aliphatic rings. The molecule has 2 aromatic rings. The lowest BCUT2D eigenvalue weighted by Crippen LogP contribution is -2.22. The Morgan fingerprint density at radius 1 is 1.04 bits per heavy atom. The van der Waals surface area contributed by atoms with Crippen LogP contribution in [0.3, 0.4) is 0 Å². The van der Waals surface area contributed by atoms with E-state index in [1.807, 2.05) is 0 Å². The molecule has 2 rings (SSSR count). The molecular formula is C21H28N2O3S. The Balaban J connectivity index is 2.08. The van der Waals surface area contributed by atoms with Gasteiger partial charge in [0.05, 0.1) is 12.2 Å². The van der Waals surface area contributed by atoms with E-state index in [0.717, 1.165) is 23.8 Å². The van der Waals surface area contributed by atoms with Gasteiger partial charge in [0.1, 0.15) is 0 Å². The van der Waals surface area contributed by atoms with Crippen LogP contribution in [0.5, 0.6) is 0 Å². The highest BCUT2D eigenvalue weighted by molar-refractivity contribution is 7.92. The van der Waals surface area contributed by atoms with Gasteiger partial charge >= 0.3 is 0 Å². The topological polar surface area (TPSA) is 89.3 Å². The minimum atomic E-state index is -3.33. The monoisotopic (exact) mass is 388 g/mol. The normalized spacial score (nSPS) is 13.2. The number of anilines is 1. The largest absolute Gasteiger partial charge is 0.369 e. The van der Waals surface area contributed by atoms with Gasteiger partial charge in [0.25, 0.3) is 0 Å². The molecule has 0 heterocycles. The second-order valence-electron chi connectivity index (χ2n) is 7.94. The van der Waals surface area contributed by atoms with Gasteiger partial charge in [-0.25, -0.2) is 8.42 Å². The van der Waals surface area contributed by atoms with E-state index in [0.29, 0.717) is 12.1 Å². The first-order valence-electron chi connectivity index (χ1n) is 8.92. The van der Waals surface area contributed by atoms with Crippen molar-refractivity contribution in [1.82, 2.24) is 0 Å². The summed E-state index contributed by atoms with van der Waals surface area (Å²) in [5.41, 5.74) is 9.38. The zero-order valence-corrected chi connectivity index (χ0v) is 17.1. The maximum atomic E-state index is 11.9. The number of carbonyl (C=O) groups is 1. The molecule has 0 aliphatic carbocycles. The highest BCUT2D eigenvalue weighted by atomic mass is 32.2. The number of benzene rings is 2. The minimum absolute atomic E-state index is 0.107. The van der Waals surface area contributed by atoms with Crippen molar-refractivity contribution < 1.29 is 13.2 Å². The molecule has 0 saturated carbocycles. The zero-order valence-electron chi connectivity index (χ0n) is 16.3. The number of nitrogens with two attached hydrogens (primary N) is 1. The Hall–Kier alpha value is -2.34. The molecule has 1 atom stereocenters. The molecule has 0 fully saturated rings. The van der Waals surface area contributed by atoms with Gasteiger partial charge < -0.3 is 5.73 Å². The van der Waals surface area contributed by atoms with Crippen LogP contribution in [0.25, 0.3) is 0 Å². The van der Waals surface area contributed by atoms with Crippen LogP contribution in [0.4, 0.5) is 5.69 Å². The number of hydrogen-bond donors (Lipinski definition) is 2. The average molecular weight is 389 g/mol. The highest BCUT2D eigenvalue weighted by Gasteiger charge is 2.18. The highest BCUT2D eigenvalue weighted by Crippen LogP contribution is 2.26. The van der Waals surface area contributed by atoms with Crippen molar-refractivity contribution in [2.24, 2.45) is 5.73 Å². The van der Waals surface area contributed by atoms with Gasteiger partial charge in [-0.3, -0.25) is 9.52 Å². The first-order chi connectivity index (χ1) is 12.5. The molecular weight excluding hydrogens is 360 g/mol. The van der Waals surface area contributed by atoms with E-state index >= 15 is 0 Å². The Morgan fingerprint density at radius 3 is 2.04 bits per heavy atom. The van der Waals surface area contributed by atoms with Gasteiger partial charge in [-0.1, -0.05) is 57.2 Å². The summed E-state index contributed by atoms with van der Waals surface area (Å²) in [5.74, 6) is -0.801. The SMILES string of the molecule is CC(C)(C)c1ccc(CCC(C(N)=O)c2ccc(NS(C)(=O)=O)cc2)cc1. The summed E-state index contributed by atoms with van der Waals surface area (Å²) in [7, 11) is -3.33. The molecule has 0 radical (unpaired) electrons. The van der Waals surface area contributed by atoms with Crippen LogP contribution < -0.4 is 10.5 Å². The molecule has 2 aromatic carbocycles. The van der Waals surface area contributed by atoms with Crippen LogP contribution in [0.2, 0.25) is 0 Å². The number of rotatable bonds is 7. The summed E-state index contributed by atoms with van der Waals surface area (Å²) >= 11 is 0. The fourth-order valence-corrected chi connectivity index (χ4v) is 3.52.